The highest BCUT2D eigenvalue weighted by molar-refractivity contribution is 14.0. The maximum atomic E-state index is 4.38. The highest BCUT2D eigenvalue weighted by atomic mass is 127. The molecule has 0 saturated carbocycles. The molecule has 1 aromatic heterocycles. The molecule has 0 spiro atoms. The number of unbranched alkanes of at least 4 members (excludes halogenated alkanes) is 1. The molecular weight excluding hydrogens is 505 g/mol. The second-order valence-corrected chi connectivity index (χ2v) is 9.22. The molecule has 7 heteroatoms. The van der Waals surface area contributed by atoms with Gasteiger partial charge in [-0.25, -0.2) is 4.98 Å². The SMILES string of the molecule is CN=C(NCCCCN1CCC(Cc2ccccc2)CC1)NCc1ncc(C)s1.I. The van der Waals surface area contributed by atoms with E-state index in [9.17, 15) is 0 Å². The van der Waals surface area contributed by atoms with Gasteiger partial charge in [-0.2, -0.15) is 0 Å². The Morgan fingerprint density at radius 3 is 2.60 bits per heavy atom. The van der Waals surface area contributed by atoms with Crippen LogP contribution >= 0.6 is 35.3 Å². The average Bonchev–Trinajstić information content (AvgIpc) is 3.17. The van der Waals surface area contributed by atoms with E-state index in [4.69, 9.17) is 0 Å². The first kappa shape index (κ1) is 25.1. The third kappa shape index (κ3) is 8.89. The zero-order valence-corrected chi connectivity index (χ0v) is 21.4. The van der Waals surface area contributed by atoms with Crippen molar-refractivity contribution in [1.29, 1.82) is 0 Å². The summed E-state index contributed by atoms with van der Waals surface area (Å²) >= 11 is 1.73. The predicted molar refractivity (Wildman–Crippen MR) is 139 cm³/mol. The number of likely N-dealkylation sites (tertiary alicyclic amines) is 1. The number of hydrogen-bond donors (Lipinski definition) is 2. The number of nitrogens with zero attached hydrogens (tertiary/aromatic N) is 3. The number of thiazole rings is 1. The fourth-order valence-corrected chi connectivity index (χ4v) is 4.62. The summed E-state index contributed by atoms with van der Waals surface area (Å²) in [6.45, 7) is 7.49. The summed E-state index contributed by atoms with van der Waals surface area (Å²) in [5, 5.41) is 7.85. The molecule has 30 heavy (non-hydrogen) atoms. The van der Waals surface area contributed by atoms with Crippen molar-refractivity contribution >= 4 is 41.3 Å². The van der Waals surface area contributed by atoms with Gasteiger partial charge in [0.05, 0.1) is 6.54 Å². The minimum Gasteiger partial charge on any atom is -0.356 e. The number of rotatable bonds is 9. The van der Waals surface area contributed by atoms with Crippen molar-refractivity contribution in [2.75, 3.05) is 33.2 Å². The lowest BCUT2D eigenvalue weighted by molar-refractivity contribution is 0.181. The smallest absolute Gasteiger partial charge is 0.191 e. The van der Waals surface area contributed by atoms with Gasteiger partial charge >= 0.3 is 0 Å². The van der Waals surface area contributed by atoms with E-state index in [1.807, 2.05) is 13.2 Å². The summed E-state index contributed by atoms with van der Waals surface area (Å²) in [4.78, 5) is 12.6. The molecule has 5 nitrogen and oxygen atoms in total. The van der Waals surface area contributed by atoms with Gasteiger partial charge in [-0.3, -0.25) is 4.99 Å². The number of benzene rings is 1. The quantitative estimate of drug-likeness (QED) is 0.213. The summed E-state index contributed by atoms with van der Waals surface area (Å²) < 4.78 is 0. The molecule has 0 amide bonds. The minimum atomic E-state index is 0. The average molecular weight is 542 g/mol. The van der Waals surface area contributed by atoms with Crippen LogP contribution in [0.4, 0.5) is 0 Å². The summed E-state index contributed by atoms with van der Waals surface area (Å²) in [7, 11) is 1.82. The molecule has 0 bridgehead atoms. The van der Waals surface area contributed by atoms with Crippen molar-refractivity contribution in [3.05, 3.63) is 52.0 Å². The molecule has 1 aliphatic rings. The van der Waals surface area contributed by atoms with Crippen molar-refractivity contribution in [2.24, 2.45) is 10.9 Å². The lowest BCUT2D eigenvalue weighted by atomic mass is 9.90. The monoisotopic (exact) mass is 541 g/mol. The molecule has 2 aromatic rings. The van der Waals surface area contributed by atoms with E-state index in [0.717, 1.165) is 30.0 Å². The molecule has 0 atom stereocenters. The first-order valence-electron chi connectivity index (χ1n) is 10.8. The van der Waals surface area contributed by atoms with E-state index in [0.29, 0.717) is 0 Å². The van der Waals surface area contributed by atoms with Gasteiger partial charge in [-0.05, 0) is 70.1 Å². The Labute approximate surface area is 202 Å². The summed E-state index contributed by atoms with van der Waals surface area (Å²) in [5.74, 6) is 1.71. The molecule has 3 rings (SSSR count). The topological polar surface area (TPSA) is 52.6 Å². The zero-order chi connectivity index (χ0) is 20.3. The van der Waals surface area contributed by atoms with Crippen molar-refractivity contribution in [1.82, 2.24) is 20.5 Å². The van der Waals surface area contributed by atoms with Gasteiger partial charge in [0, 0.05) is 24.7 Å². The molecule has 1 aromatic carbocycles. The van der Waals surface area contributed by atoms with Crippen LogP contribution in [0, 0.1) is 12.8 Å². The van der Waals surface area contributed by atoms with Crippen LogP contribution in [0.5, 0.6) is 0 Å². The number of halogens is 1. The van der Waals surface area contributed by atoms with Crippen LogP contribution in [-0.4, -0.2) is 49.1 Å². The van der Waals surface area contributed by atoms with Gasteiger partial charge < -0.3 is 15.5 Å². The first-order chi connectivity index (χ1) is 14.2. The van der Waals surface area contributed by atoms with Crippen LogP contribution < -0.4 is 10.6 Å². The first-order valence-corrected chi connectivity index (χ1v) is 11.7. The van der Waals surface area contributed by atoms with Gasteiger partial charge in [-0.15, -0.1) is 35.3 Å². The summed E-state index contributed by atoms with van der Waals surface area (Å²) in [6.07, 6.45) is 8.23. The number of hydrogen-bond acceptors (Lipinski definition) is 4. The molecule has 0 radical (unpaired) electrons. The Bertz CT molecular complexity index is 741. The van der Waals surface area contributed by atoms with Crippen LogP contribution in [0.15, 0.2) is 41.5 Å². The van der Waals surface area contributed by atoms with E-state index < -0.39 is 0 Å². The number of nitrogens with one attached hydrogen (secondary N) is 2. The van der Waals surface area contributed by atoms with Crippen molar-refractivity contribution in [3.8, 4) is 0 Å². The third-order valence-corrected chi connectivity index (χ3v) is 6.48. The summed E-state index contributed by atoms with van der Waals surface area (Å²) in [6, 6.07) is 10.9. The number of aromatic nitrogens is 1. The fourth-order valence-electron chi connectivity index (χ4n) is 3.89. The van der Waals surface area contributed by atoms with Crippen LogP contribution in [0.25, 0.3) is 0 Å². The Kier molecular flexibility index (Phi) is 11.7. The number of aryl methyl sites for hydroxylation is 1. The lowest BCUT2D eigenvalue weighted by Crippen LogP contribution is -2.38. The van der Waals surface area contributed by atoms with Crippen LogP contribution in [-0.2, 0) is 13.0 Å². The normalized spacial score (nSPS) is 15.6. The van der Waals surface area contributed by atoms with Gasteiger partial charge in [0.25, 0.3) is 0 Å². The molecule has 2 heterocycles. The van der Waals surface area contributed by atoms with Crippen LogP contribution in [0.2, 0.25) is 0 Å². The maximum absolute atomic E-state index is 4.38. The second-order valence-electron chi connectivity index (χ2n) is 7.90. The number of guanidine groups is 1. The number of piperidine rings is 1. The molecule has 0 aliphatic carbocycles. The van der Waals surface area contributed by atoms with E-state index in [2.05, 4.69) is 62.8 Å². The molecule has 2 N–H and O–H groups in total. The molecule has 166 valence electrons. The molecule has 1 fully saturated rings. The second kappa shape index (κ2) is 14.0. The molecule has 0 unspecified atom stereocenters. The Morgan fingerprint density at radius 1 is 1.17 bits per heavy atom. The van der Waals surface area contributed by atoms with Gasteiger partial charge in [0.15, 0.2) is 5.96 Å². The zero-order valence-electron chi connectivity index (χ0n) is 18.3. The standard InChI is InChI=1S/C23H35N5S.HI/c1-19-17-26-22(29-19)18-27-23(24-2)25-12-6-7-13-28-14-10-21(11-15-28)16-20-8-4-3-5-9-20;/h3-5,8-9,17,21H,6-7,10-16,18H2,1-2H3,(H2,24,25,27);1H. The summed E-state index contributed by atoms with van der Waals surface area (Å²) in [5.41, 5.74) is 1.49. The van der Waals surface area contributed by atoms with Crippen LogP contribution in [0.3, 0.4) is 0 Å². The molecule has 1 saturated heterocycles. The predicted octanol–water partition coefficient (Wildman–Crippen LogP) is 4.47. The Balaban J connectivity index is 0.00000320. The van der Waals surface area contributed by atoms with Gasteiger partial charge in [-0.1, -0.05) is 30.3 Å². The van der Waals surface area contributed by atoms with Crippen molar-refractivity contribution in [2.45, 2.75) is 45.6 Å². The van der Waals surface area contributed by atoms with E-state index in [-0.39, 0.29) is 24.0 Å². The largest absolute Gasteiger partial charge is 0.356 e. The van der Waals surface area contributed by atoms with E-state index in [1.54, 1.807) is 11.3 Å². The highest BCUT2D eigenvalue weighted by Gasteiger charge is 2.18. The van der Waals surface area contributed by atoms with E-state index >= 15 is 0 Å². The molecule has 1 aliphatic heterocycles. The highest BCUT2D eigenvalue weighted by Crippen LogP contribution is 2.21. The Morgan fingerprint density at radius 2 is 1.93 bits per heavy atom. The maximum Gasteiger partial charge on any atom is 0.191 e. The van der Waals surface area contributed by atoms with Crippen molar-refractivity contribution < 1.29 is 0 Å². The third-order valence-electron chi connectivity index (χ3n) is 5.57. The molecular formula is C23H36IN5S. The van der Waals surface area contributed by atoms with E-state index in [1.165, 1.54) is 62.2 Å². The van der Waals surface area contributed by atoms with Crippen LogP contribution in [0.1, 0.15) is 41.1 Å². The van der Waals surface area contributed by atoms with Crippen molar-refractivity contribution in [3.63, 3.8) is 0 Å². The Hall–Kier alpha value is -1.19. The fraction of sp³-hybridized carbons (Fsp3) is 0.565. The minimum absolute atomic E-state index is 0. The van der Waals surface area contributed by atoms with Gasteiger partial charge in [0.1, 0.15) is 5.01 Å². The lowest BCUT2D eigenvalue weighted by Gasteiger charge is -2.32. The van der Waals surface area contributed by atoms with Gasteiger partial charge in [0.2, 0.25) is 0 Å². The number of aliphatic imine (C=N–C) groups is 1.